The first-order valence-electron chi connectivity index (χ1n) is 16.9. The third kappa shape index (κ3) is 6.37. The maximum absolute atomic E-state index is 14.1. The maximum Gasteiger partial charge on any atom is 0.262 e. The van der Waals surface area contributed by atoms with Crippen LogP contribution in [0.25, 0.3) is 11.0 Å². The number of aliphatic hydroxyl groups is 1. The molecule has 0 radical (unpaired) electrons. The first-order chi connectivity index (χ1) is 23.4. The van der Waals surface area contributed by atoms with E-state index in [2.05, 4.69) is 4.98 Å². The number of rotatable bonds is 6. The molecule has 0 aliphatic carbocycles. The number of carbonyl (C=O) groups excluding carboxylic acids is 2. The van der Waals surface area contributed by atoms with Crippen LogP contribution in [-0.4, -0.2) is 93.8 Å². The zero-order valence-corrected chi connectivity index (χ0v) is 28.7. The molecule has 2 amide bonds. The van der Waals surface area contributed by atoms with Gasteiger partial charge in [0.2, 0.25) is 15.9 Å². The summed E-state index contributed by atoms with van der Waals surface area (Å²) in [5, 5.41) is 12.0. The first-order valence-corrected chi connectivity index (χ1v) is 18.7. The summed E-state index contributed by atoms with van der Waals surface area (Å²) in [5.74, 6) is -0.667. The lowest BCUT2D eigenvalue weighted by molar-refractivity contribution is -0.142. The Labute approximate surface area is 285 Å². The van der Waals surface area contributed by atoms with Crippen molar-refractivity contribution in [2.75, 3.05) is 43.3 Å². The molecule has 0 unspecified atom stereocenters. The summed E-state index contributed by atoms with van der Waals surface area (Å²) in [4.78, 5) is 49.1. The fourth-order valence-electron chi connectivity index (χ4n) is 7.84. The van der Waals surface area contributed by atoms with Crippen molar-refractivity contribution < 1.29 is 23.1 Å². The van der Waals surface area contributed by atoms with Gasteiger partial charge in [-0.2, -0.15) is 0 Å². The molecule has 2 saturated heterocycles. The van der Waals surface area contributed by atoms with Crippen LogP contribution in [0.3, 0.4) is 0 Å². The molecule has 3 aliphatic rings. The lowest BCUT2D eigenvalue weighted by Crippen LogP contribution is -2.53. The Balaban J connectivity index is 1.05. The molecule has 2 fully saturated rings. The number of benzene rings is 2. The Morgan fingerprint density at radius 2 is 1.76 bits per heavy atom. The number of carbonyl (C=O) groups is 2. The van der Waals surface area contributed by atoms with Crippen LogP contribution in [0.1, 0.15) is 53.1 Å². The van der Waals surface area contributed by atoms with Gasteiger partial charge in [-0.3, -0.25) is 23.3 Å². The predicted molar refractivity (Wildman–Crippen MR) is 186 cm³/mol. The SMILES string of the molecule is Cn1ccc2c(=O)n(CC3(O)CCN(C(=O)[C@@H]4CCN(C(=O)c5ccc6c(c5)CCCN6S(C)(=O)=O)C[C@H]4c4ccccc4)CC3)cnc21. The molecule has 5 heterocycles. The second-order valence-corrected chi connectivity index (χ2v) is 15.7. The first kappa shape index (κ1) is 33.0. The quantitative estimate of drug-likeness (QED) is 0.329. The number of amides is 2. The third-order valence-corrected chi connectivity index (χ3v) is 11.7. The van der Waals surface area contributed by atoms with Crippen LogP contribution >= 0.6 is 0 Å². The standard InChI is InChI=1S/C36H42N6O6S/c1-38-17-12-29-32(38)37-24-41(35(29)45)23-36(46)14-19-39(20-15-36)34(44)28-13-18-40(22-30(28)25-7-4-3-5-8-25)33(43)27-10-11-31-26(21-27)9-6-16-42(31)49(2,47)48/h3-5,7-8,10-12,17,21,24,28,30,46H,6,9,13-16,18-20,22-23H2,1-2H3/t28-,30+/m1/s1. The molecule has 4 aromatic rings. The van der Waals surface area contributed by atoms with Crippen molar-refractivity contribution in [3.63, 3.8) is 0 Å². The van der Waals surface area contributed by atoms with Crippen LogP contribution in [0.2, 0.25) is 0 Å². The average molecular weight is 687 g/mol. The maximum atomic E-state index is 14.1. The third-order valence-electron chi connectivity index (χ3n) is 10.6. The number of anilines is 1. The van der Waals surface area contributed by atoms with Crippen LogP contribution in [0.15, 0.2) is 71.9 Å². The molecule has 258 valence electrons. The number of nitrogens with zero attached hydrogens (tertiary/aromatic N) is 6. The lowest BCUT2D eigenvalue weighted by atomic mass is 9.79. The van der Waals surface area contributed by atoms with Gasteiger partial charge in [0.15, 0.2) is 0 Å². The minimum atomic E-state index is -3.41. The van der Waals surface area contributed by atoms with E-state index in [1.807, 2.05) is 53.2 Å². The van der Waals surface area contributed by atoms with Gasteiger partial charge in [0.05, 0.1) is 29.5 Å². The number of fused-ring (bicyclic) bond motifs is 2. The van der Waals surface area contributed by atoms with Gasteiger partial charge in [-0.25, -0.2) is 13.4 Å². The Morgan fingerprint density at radius 1 is 1.00 bits per heavy atom. The average Bonchev–Trinajstić information content (AvgIpc) is 3.49. The molecule has 3 aliphatic heterocycles. The van der Waals surface area contributed by atoms with E-state index in [1.165, 1.54) is 21.5 Å². The van der Waals surface area contributed by atoms with Crippen molar-refractivity contribution in [1.29, 1.82) is 0 Å². The van der Waals surface area contributed by atoms with Crippen molar-refractivity contribution in [2.45, 2.75) is 50.2 Å². The topological polar surface area (TPSA) is 138 Å². The van der Waals surface area contributed by atoms with E-state index in [9.17, 15) is 27.9 Å². The number of likely N-dealkylation sites (tertiary alicyclic amines) is 2. The van der Waals surface area contributed by atoms with Crippen LogP contribution in [0, 0.1) is 5.92 Å². The summed E-state index contributed by atoms with van der Waals surface area (Å²) in [5.41, 5.74) is 2.23. The van der Waals surface area contributed by atoms with E-state index in [1.54, 1.807) is 29.0 Å². The number of piperidine rings is 2. The molecule has 13 heteroatoms. The zero-order chi connectivity index (χ0) is 34.5. The Kier molecular flexibility index (Phi) is 8.60. The summed E-state index contributed by atoms with van der Waals surface area (Å²) >= 11 is 0. The van der Waals surface area contributed by atoms with Crippen LogP contribution < -0.4 is 9.86 Å². The molecular formula is C36H42N6O6S. The van der Waals surface area contributed by atoms with E-state index in [0.29, 0.717) is 87.1 Å². The van der Waals surface area contributed by atoms with Crippen molar-refractivity contribution in [2.24, 2.45) is 13.0 Å². The zero-order valence-electron chi connectivity index (χ0n) is 27.9. The summed E-state index contributed by atoms with van der Waals surface area (Å²) < 4.78 is 29.3. The molecule has 2 atom stereocenters. The minimum Gasteiger partial charge on any atom is -0.388 e. The van der Waals surface area contributed by atoms with Crippen LogP contribution in [0.4, 0.5) is 5.69 Å². The number of hydrogen-bond acceptors (Lipinski definition) is 7. The van der Waals surface area contributed by atoms with Gasteiger partial charge >= 0.3 is 0 Å². The molecule has 7 rings (SSSR count). The molecule has 0 saturated carbocycles. The number of aromatic nitrogens is 3. The normalized spacial score (nSPS) is 21.1. The smallest absolute Gasteiger partial charge is 0.262 e. The highest BCUT2D eigenvalue weighted by Crippen LogP contribution is 2.37. The molecule has 49 heavy (non-hydrogen) atoms. The Morgan fingerprint density at radius 3 is 2.49 bits per heavy atom. The highest BCUT2D eigenvalue weighted by atomic mass is 32.2. The van der Waals surface area contributed by atoms with Gasteiger partial charge in [-0.1, -0.05) is 30.3 Å². The van der Waals surface area contributed by atoms with Crippen molar-refractivity contribution in [3.05, 3.63) is 94.2 Å². The number of hydrogen-bond donors (Lipinski definition) is 1. The second kappa shape index (κ2) is 12.8. The highest BCUT2D eigenvalue weighted by Gasteiger charge is 2.42. The number of sulfonamides is 1. The molecule has 1 N–H and O–H groups in total. The fourth-order valence-corrected chi connectivity index (χ4v) is 8.84. The van der Waals surface area contributed by atoms with Gasteiger partial charge in [0, 0.05) is 63.4 Å². The van der Waals surface area contributed by atoms with E-state index < -0.39 is 15.6 Å². The molecular weight excluding hydrogens is 644 g/mol. The van der Waals surface area contributed by atoms with Gasteiger partial charge in [0.25, 0.3) is 11.5 Å². The predicted octanol–water partition coefficient (Wildman–Crippen LogP) is 2.75. The second-order valence-electron chi connectivity index (χ2n) is 13.8. The van der Waals surface area contributed by atoms with E-state index in [-0.39, 0.29) is 35.8 Å². The largest absolute Gasteiger partial charge is 0.388 e. The number of aryl methyl sites for hydroxylation is 2. The Hall–Kier alpha value is -4.49. The van der Waals surface area contributed by atoms with E-state index in [4.69, 9.17) is 0 Å². The Bertz CT molecular complexity index is 2070. The minimum absolute atomic E-state index is 0.0159. The van der Waals surface area contributed by atoms with E-state index >= 15 is 0 Å². The van der Waals surface area contributed by atoms with Crippen LogP contribution in [0.5, 0.6) is 0 Å². The molecule has 0 bridgehead atoms. The summed E-state index contributed by atoms with van der Waals surface area (Å²) in [7, 11) is -1.58. The lowest BCUT2D eigenvalue weighted by Gasteiger charge is -2.43. The van der Waals surface area contributed by atoms with Crippen molar-refractivity contribution >= 4 is 38.6 Å². The van der Waals surface area contributed by atoms with Crippen molar-refractivity contribution in [1.82, 2.24) is 23.9 Å². The fraction of sp³-hybridized carbons (Fsp3) is 0.444. The molecule has 2 aromatic heterocycles. The monoisotopic (exact) mass is 686 g/mol. The molecule has 12 nitrogen and oxygen atoms in total. The molecule has 2 aromatic carbocycles. The highest BCUT2D eigenvalue weighted by molar-refractivity contribution is 7.92. The van der Waals surface area contributed by atoms with Gasteiger partial charge < -0.3 is 19.5 Å². The summed E-state index contributed by atoms with van der Waals surface area (Å²) in [6, 6.07) is 16.8. The van der Waals surface area contributed by atoms with Crippen LogP contribution in [-0.2, 0) is 34.8 Å². The molecule has 0 spiro atoms. The van der Waals surface area contributed by atoms with Crippen molar-refractivity contribution in [3.8, 4) is 0 Å². The summed E-state index contributed by atoms with van der Waals surface area (Å²) in [6.07, 6.45) is 7.02. The van der Waals surface area contributed by atoms with Gasteiger partial charge in [-0.05, 0) is 67.5 Å². The van der Waals surface area contributed by atoms with Gasteiger partial charge in [-0.15, -0.1) is 0 Å². The van der Waals surface area contributed by atoms with Gasteiger partial charge in [0.1, 0.15) is 12.0 Å². The van der Waals surface area contributed by atoms with E-state index in [0.717, 1.165) is 11.1 Å². The summed E-state index contributed by atoms with van der Waals surface area (Å²) in [6.45, 7) is 2.06.